The van der Waals surface area contributed by atoms with E-state index in [1.165, 1.54) is 16.0 Å². The number of amides is 2. The van der Waals surface area contributed by atoms with Gasteiger partial charge in [-0.3, -0.25) is 14.5 Å². The van der Waals surface area contributed by atoms with Crippen molar-refractivity contribution < 1.29 is 9.59 Å². The van der Waals surface area contributed by atoms with Crippen LogP contribution < -0.4 is 0 Å². The van der Waals surface area contributed by atoms with Gasteiger partial charge in [-0.05, 0) is 49.8 Å². The summed E-state index contributed by atoms with van der Waals surface area (Å²) in [5, 5.41) is 2.18. The van der Waals surface area contributed by atoms with E-state index in [4.69, 9.17) is 11.6 Å². The van der Waals surface area contributed by atoms with Crippen molar-refractivity contribution in [1.82, 2.24) is 14.7 Å². The third kappa shape index (κ3) is 5.13. The van der Waals surface area contributed by atoms with Crippen molar-refractivity contribution in [3.05, 3.63) is 57.8 Å². The topological polar surface area (TPSA) is 43.9 Å². The van der Waals surface area contributed by atoms with E-state index >= 15 is 0 Å². The van der Waals surface area contributed by atoms with Crippen molar-refractivity contribution in [3.63, 3.8) is 0 Å². The van der Waals surface area contributed by atoms with Crippen molar-refractivity contribution in [3.8, 4) is 0 Å². The molecule has 33 heavy (non-hydrogen) atoms. The lowest BCUT2D eigenvalue weighted by molar-refractivity contribution is -0.148. The second-order valence-corrected chi connectivity index (χ2v) is 11.1. The van der Waals surface area contributed by atoms with Gasteiger partial charge in [-0.15, -0.1) is 22.9 Å². The number of halogens is 1. The molecule has 0 spiro atoms. The van der Waals surface area contributed by atoms with E-state index in [1.54, 1.807) is 0 Å². The summed E-state index contributed by atoms with van der Waals surface area (Å²) in [5.41, 5.74) is 2.09. The number of hydrogen-bond acceptors (Lipinski definition) is 4. The van der Waals surface area contributed by atoms with E-state index in [1.807, 2.05) is 41.9 Å². The van der Waals surface area contributed by atoms with Crippen molar-refractivity contribution >= 4 is 34.8 Å². The van der Waals surface area contributed by atoms with Crippen LogP contribution in [-0.4, -0.2) is 71.2 Å². The highest BCUT2D eigenvalue weighted by Gasteiger charge is 2.37. The Hall–Kier alpha value is -1.89. The molecule has 3 heterocycles. The van der Waals surface area contributed by atoms with Crippen LogP contribution >= 0.6 is 22.9 Å². The first kappa shape index (κ1) is 24.2. The number of rotatable bonds is 6. The van der Waals surface area contributed by atoms with Gasteiger partial charge in [-0.1, -0.05) is 30.3 Å². The minimum atomic E-state index is -0.580. The zero-order valence-electron chi connectivity index (χ0n) is 19.8. The first-order valence-electron chi connectivity index (χ1n) is 11.8. The average molecular weight is 488 g/mol. The number of piperazine rings is 1. The van der Waals surface area contributed by atoms with Gasteiger partial charge in [0.05, 0.1) is 11.5 Å². The molecule has 178 valence electrons. The van der Waals surface area contributed by atoms with E-state index in [9.17, 15) is 9.59 Å². The standard InChI is InChI=1S/C26H34ClN3O2S/c1-19-17-29(14-15-30(19)25(32)26(2,3)18-27)23(31)10-13-28-12-9-22-21(11-16-33-22)24(28)20-7-5-4-6-8-20/h4-8,11,16,19,24H,9-10,12-15,17-18H2,1-3H3. The van der Waals surface area contributed by atoms with Crippen molar-refractivity contribution in [2.24, 2.45) is 5.41 Å². The molecule has 4 rings (SSSR count). The second-order valence-electron chi connectivity index (χ2n) is 9.85. The zero-order valence-corrected chi connectivity index (χ0v) is 21.4. The van der Waals surface area contributed by atoms with E-state index in [-0.39, 0.29) is 23.9 Å². The molecule has 2 atom stereocenters. The van der Waals surface area contributed by atoms with Crippen molar-refractivity contribution in [2.75, 3.05) is 38.6 Å². The zero-order chi connectivity index (χ0) is 23.6. The predicted molar refractivity (Wildman–Crippen MR) is 135 cm³/mol. The highest BCUT2D eigenvalue weighted by Crippen LogP contribution is 2.37. The van der Waals surface area contributed by atoms with Crippen LogP contribution in [-0.2, 0) is 16.0 Å². The number of hydrogen-bond donors (Lipinski definition) is 0. The number of carbonyl (C=O) groups excluding carboxylic acids is 2. The first-order chi connectivity index (χ1) is 15.8. The minimum Gasteiger partial charge on any atom is -0.339 e. The van der Waals surface area contributed by atoms with Gasteiger partial charge in [0.1, 0.15) is 0 Å². The van der Waals surface area contributed by atoms with Crippen LogP contribution in [0.15, 0.2) is 41.8 Å². The Bertz CT molecular complexity index is 977. The highest BCUT2D eigenvalue weighted by molar-refractivity contribution is 7.10. The van der Waals surface area contributed by atoms with Crippen LogP contribution in [0.2, 0.25) is 0 Å². The van der Waals surface area contributed by atoms with Gasteiger partial charge in [-0.2, -0.15) is 0 Å². The Morgan fingerprint density at radius 3 is 2.58 bits per heavy atom. The number of alkyl halides is 1. The molecule has 0 aliphatic carbocycles. The van der Waals surface area contributed by atoms with Gasteiger partial charge in [0.15, 0.2) is 0 Å². The molecule has 1 saturated heterocycles. The molecular weight excluding hydrogens is 454 g/mol. The first-order valence-corrected chi connectivity index (χ1v) is 13.2. The van der Waals surface area contributed by atoms with Crippen LogP contribution in [0.3, 0.4) is 0 Å². The molecule has 2 amide bonds. The molecule has 1 aromatic carbocycles. The third-order valence-corrected chi connectivity index (χ3v) is 8.61. The quantitative estimate of drug-likeness (QED) is 0.567. The summed E-state index contributed by atoms with van der Waals surface area (Å²) in [6.07, 6.45) is 1.54. The number of fused-ring (bicyclic) bond motifs is 1. The molecule has 5 nitrogen and oxygen atoms in total. The molecule has 7 heteroatoms. The molecule has 2 aliphatic rings. The molecule has 1 aromatic heterocycles. The normalized spacial score (nSPS) is 21.7. The maximum absolute atomic E-state index is 13.1. The Labute approximate surface area is 206 Å². The Balaban J connectivity index is 1.38. The molecule has 2 aromatic rings. The minimum absolute atomic E-state index is 0.00175. The molecule has 0 N–H and O–H groups in total. The largest absolute Gasteiger partial charge is 0.339 e. The summed E-state index contributed by atoms with van der Waals surface area (Å²) < 4.78 is 0. The number of carbonyl (C=O) groups is 2. The SMILES string of the molecule is CC1CN(C(=O)CCN2CCc3sccc3C2c2ccccc2)CCN1C(=O)C(C)(C)CCl. The summed E-state index contributed by atoms with van der Waals surface area (Å²) in [5.74, 6) is 0.540. The summed E-state index contributed by atoms with van der Waals surface area (Å²) in [6, 6.07) is 13.1. The van der Waals surface area contributed by atoms with Crippen LogP contribution in [0.25, 0.3) is 0 Å². The fourth-order valence-electron chi connectivity index (χ4n) is 4.96. The molecular formula is C26H34ClN3O2S. The molecule has 0 saturated carbocycles. The summed E-state index contributed by atoms with van der Waals surface area (Å²) in [6.45, 7) is 9.23. The Morgan fingerprint density at radius 1 is 1.12 bits per heavy atom. The molecule has 0 bridgehead atoms. The Morgan fingerprint density at radius 2 is 1.88 bits per heavy atom. The van der Waals surface area contributed by atoms with E-state index in [0.717, 1.165) is 19.5 Å². The second kappa shape index (κ2) is 10.2. The lowest BCUT2D eigenvalue weighted by atomic mass is 9.93. The monoisotopic (exact) mass is 487 g/mol. The van der Waals surface area contributed by atoms with Crippen LogP contribution in [0.4, 0.5) is 0 Å². The van der Waals surface area contributed by atoms with Crippen LogP contribution in [0, 0.1) is 5.41 Å². The average Bonchev–Trinajstić information content (AvgIpc) is 3.31. The lowest BCUT2D eigenvalue weighted by Crippen LogP contribution is -2.58. The number of nitrogens with zero attached hydrogens (tertiary/aromatic N) is 3. The highest BCUT2D eigenvalue weighted by atomic mass is 35.5. The van der Waals surface area contributed by atoms with Crippen molar-refractivity contribution in [2.45, 2.75) is 45.7 Å². The van der Waals surface area contributed by atoms with E-state index in [0.29, 0.717) is 31.9 Å². The fraction of sp³-hybridized carbons (Fsp3) is 0.538. The van der Waals surface area contributed by atoms with Crippen LogP contribution in [0.1, 0.15) is 49.2 Å². The van der Waals surface area contributed by atoms with Gasteiger partial charge in [0, 0.05) is 55.9 Å². The maximum Gasteiger partial charge on any atom is 0.229 e. The van der Waals surface area contributed by atoms with Crippen LogP contribution in [0.5, 0.6) is 0 Å². The van der Waals surface area contributed by atoms with Gasteiger partial charge in [0.2, 0.25) is 11.8 Å². The van der Waals surface area contributed by atoms with Crippen molar-refractivity contribution in [1.29, 1.82) is 0 Å². The van der Waals surface area contributed by atoms with E-state index < -0.39 is 5.41 Å². The molecule has 1 fully saturated rings. The van der Waals surface area contributed by atoms with Gasteiger partial charge >= 0.3 is 0 Å². The van der Waals surface area contributed by atoms with E-state index in [2.05, 4.69) is 46.7 Å². The summed E-state index contributed by atoms with van der Waals surface area (Å²) in [7, 11) is 0. The smallest absolute Gasteiger partial charge is 0.229 e. The fourth-order valence-corrected chi connectivity index (χ4v) is 5.98. The number of thiophene rings is 1. The third-order valence-electron chi connectivity index (χ3n) is 6.95. The lowest BCUT2D eigenvalue weighted by Gasteiger charge is -2.43. The molecule has 2 aliphatic heterocycles. The predicted octanol–water partition coefficient (Wildman–Crippen LogP) is 4.41. The van der Waals surface area contributed by atoms with Gasteiger partial charge in [0.25, 0.3) is 0 Å². The van der Waals surface area contributed by atoms with Gasteiger partial charge < -0.3 is 9.80 Å². The maximum atomic E-state index is 13.1. The van der Waals surface area contributed by atoms with Gasteiger partial charge in [-0.25, -0.2) is 0 Å². The molecule has 2 unspecified atom stereocenters. The molecule has 0 radical (unpaired) electrons. The Kier molecular flexibility index (Phi) is 7.46. The number of benzene rings is 1. The summed E-state index contributed by atoms with van der Waals surface area (Å²) >= 11 is 7.85. The summed E-state index contributed by atoms with van der Waals surface area (Å²) in [4.78, 5) is 33.7.